The van der Waals surface area contributed by atoms with Crippen LogP contribution in [0.2, 0.25) is 0 Å². The molecule has 1 aliphatic heterocycles. The zero-order valence-corrected chi connectivity index (χ0v) is 16.7. The summed E-state index contributed by atoms with van der Waals surface area (Å²) in [5.41, 5.74) is -4.99. The van der Waals surface area contributed by atoms with Gasteiger partial charge in [-0.15, -0.1) is 0 Å². The zero-order valence-electron chi connectivity index (χ0n) is 16.7. The van der Waals surface area contributed by atoms with Gasteiger partial charge in [0.1, 0.15) is 11.3 Å². The van der Waals surface area contributed by atoms with Crippen molar-refractivity contribution in [1.29, 1.82) is 0 Å². The van der Waals surface area contributed by atoms with Crippen molar-refractivity contribution in [2.75, 3.05) is 6.61 Å². The maximum absolute atomic E-state index is 14.5. The zero-order chi connectivity index (χ0) is 22.8. The maximum atomic E-state index is 14.5. The molecule has 0 aliphatic carbocycles. The van der Waals surface area contributed by atoms with Crippen LogP contribution in [0.5, 0.6) is 0 Å². The Labute approximate surface area is 175 Å². The van der Waals surface area contributed by atoms with Crippen LogP contribution in [-0.4, -0.2) is 41.0 Å². The number of furan rings is 1. The summed E-state index contributed by atoms with van der Waals surface area (Å²) < 4.78 is 53.4. The summed E-state index contributed by atoms with van der Waals surface area (Å²) in [5.74, 6) is -3.84. The lowest BCUT2D eigenvalue weighted by Gasteiger charge is -2.33. The molecule has 164 valence electrons. The Morgan fingerprint density at radius 2 is 1.84 bits per heavy atom. The Hall–Kier alpha value is -3.56. The Balaban J connectivity index is 2.15. The average molecular weight is 436 g/mol. The Morgan fingerprint density at radius 1 is 1.16 bits per heavy atom. The van der Waals surface area contributed by atoms with Gasteiger partial charge in [0.2, 0.25) is 0 Å². The van der Waals surface area contributed by atoms with Gasteiger partial charge in [-0.1, -0.05) is 18.2 Å². The third kappa shape index (κ3) is 3.80. The van der Waals surface area contributed by atoms with E-state index < -0.39 is 35.1 Å². The number of nitrogens with zero attached hydrogens (tertiary/aromatic N) is 1. The van der Waals surface area contributed by atoms with Gasteiger partial charge >= 0.3 is 12.1 Å². The van der Waals surface area contributed by atoms with Crippen LogP contribution in [-0.2, 0) is 20.9 Å². The van der Waals surface area contributed by atoms with Gasteiger partial charge in [-0.2, -0.15) is 13.2 Å². The van der Waals surface area contributed by atoms with E-state index in [0.717, 1.165) is 4.90 Å². The van der Waals surface area contributed by atoms with Gasteiger partial charge in [0.05, 0.1) is 19.4 Å². The molecular weight excluding hydrogens is 417 g/mol. The SMILES string of the molecule is CCOC(=O)C1=C(C)N(Cc2ccco2)C(=O)C1(NC(=O)c1ccccc1)C(F)(F)F. The van der Waals surface area contributed by atoms with Crippen LogP contribution >= 0.6 is 0 Å². The normalized spacial score (nSPS) is 19.0. The maximum Gasteiger partial charge on any atom is 0.425 e. The van der Waals surface area contributed by atoms with E-state index in [9.17, 15) is 27.6 Å². The molecule has 1 N–H and O–H groups in total. The number of nitrogens with one attached hydrogen (secondary N) is 1. The van der Waals surface area contributed by atoms with Crippen LogP contribution in [0.15, 0.2) is 64.4 Å². The van der Waals surface area contributed by atoms with Crippen molar-refractivity contribution in [3.05, 3.63) is 71.3 Å². The fourth-order valence-electron chi connectivity index (χ4n) is 3.40. The molecule has 0 saturated heterocycles. The van der Waals surface area contributed by atoms with Crippen LogP contribution in [0.25, 0.3) is 0 Å². The smallest absolute Gasteiger partial charge is 0.425 e. The molecule has 31 heavy (non-hydrogen) atoms. The number of ether oxygens (including phenoxy) is 1. The lowest BCUT2D eigenvalue weighted by molar-refractivity contribution is -0.192. The number of rotatable bonds is 6. The second-order valence-electron chi connectivity index (χ2n) is 6.72. The molecule has 7 nitrogen and oxygen atoms in total. The molecule has 2 heterocycles. The minimum Gasteiger partial charge on any atom is -0.467 e. The number of halogens is 3. The standard InChI is InChI=1S/C21H19F3N2O5/c1-3-30-18(28)16-13(2)26(12-15-10-7-11-31-15)19(29)20(16,21(22,23)24)25-17(27)14-8-5-4-6-9-14/h4-11H,3,12H2,1-2H3,(H,25,27). The monoisotopic (exact) mass is 436 g/mol. The summed E-state index contributed by atoms with van der Waals surface area (Å²) >= 11 is 0. The van der Waals surface area contributed by atoms with Crippen LogP contribution in [0, 0.1) is 0 Å². The first-order valence-electron chi connectivity index (χ1n) is 9.30. The van der Waals surface area contributed by atoms with Gasteiger partial charge in [-0.3, -0.25) is 9.59 Å². The van der Waals surface area contributed by atoms with Gasteiger partial charge < -0.3 is 19.4 Å². The summed E-state index contributed by atoms with van der Waals surface area (Å²) in [6.45, 7) is 2.03. The summed E-state index contributed by atoms with van der Waals surface area (Å²) in [6, 6.07) is 10.1. The highest BCUT2D eigenvalue weighted by Crippen LogP contribution is 2.45. The average Bonchev–Trinajstić information content (AvgIpc) is 3.30. The van der Waals surface area contributed by atoms with E-state index in [1.165, 1.54) is 56.5 Å². The summed E-state index contributed by atoms with van der Waals surface area (Å²) in [5, 5.41) is 1.78. The van der Waals surface area contributed by atoms with E-state index in [0.29, 0.717) is 0 Å². The molecule has 1 unspecified atom stereocenters. The van der Waals surface area contributed by atoms with E-state index in [1.54, 1.807) is 11.4 Å². The summed E-state index contributed by atoms with van der Waals surface area (Å²) in [6.07, 6.45) is -4.04. The van der Waals surface area contributed by atoms with E-state index >= 15 is 0 Å². The summed E-state index contributed by atoms with van der Waals surface area (Å²) in [7, 11) is 0. The highest BCUT2D eigenvalue weighted by molar-refractivity contribution is 6.11. The van der Waals surface area contributed by atoms with Crippen molar-refractivity contribution < 1.29 is 36.7 Å². The number of allylic oxidation sites excluding steroid dienone is 1. The number of amides is 2. The first-order chi connectivity index (χ1) is 14.6. The fraction of sp³-hybridized carbons (Fsp3) is 0.286. The number of alkyl halides is 3. The molecule has 1 aliphatic rings. The lowest BCUT2D eigenvalue weighted by atomic mass is 9.88. The van der Waals surface area contributed by atoms with Crippen LogP contribution in [0.4, 0.5) is 13.2 Å². The number of benzene rings is 1. The van der Waals surface area contributed by atoms with Crippen molar-refractivity contribution >= 4 is 17.8 Å². The fourth-order valence-corrected chi connectivity index (χ4v) is 3.40. The largest absolute Gasteiger partial charge is 0.467 e. The van der Waals surface area contributed by atoms with Gasteiger partial charge in [-0.05, 0) is 38.1 Å². The van der Waals surface area contributed by atoms with Crippen LogP contribution in [0.1, 0.15) is 30.0 Å². The van der Waals surface area contributed by atoms with Crippen LogP contribution < -0.4 is 5.32 Å². The number of hydrogen-bond acceptors (Lipinski definition) is 5. The van der Waals surface area contributed by atoms with Crippen LogP contribution in [0.3, 0.4) is 0 Å². The molecule has 0 radical (unpaired) electrons. The lowest BCUT2D eigenvalue weighted by Crippen LogP contribution is -2.66. The van der Waals surface area contributed by atoms with Gasteiger partial charge in [0.15, 0.2) is 0 Å². The van der Waals surface area contributed by atoms with Crippen molar-refractivity contribution in [3.8, 4) is 0 Å². The molecule has 2 aromatic rings. The molecule has 1 aromatic carbocycles. The van der Waals surface area contributed by atoms with Crippen molar-refractivity contribution in [2.24, 2.45) is 0 Å². The van der Waals surface area contributed by atoms with E-state index in [2.05, 4.69) is 0 Å². The van der Waals surface area contributed by atoms with Gasteiger partial charge in [0.25, 0.3) is 17.4 Å². The third-order valence-electron chi connectivity index (χ3n) is 4.84. The van der Waals surface area contributed by atoms with Crippen molar-refractivity contribution in [3.63, 3.8) is 0 Å². The van der Waals surface area contributed by atoms with Crippen molar-refractivity contribution in [1.82, 2.24) is 10.2 Å². The topological polar surface area (TPSA) is 88.8 Å². The molecule has 2 amide bonds. The molecule has 10 heteroatoms. The van der Waals surface area contributed by atoms with Gasteiger partial charge in [0, 0.05) is 11.3 Å². The highest BCUT2D eigenvalue weighted by Gasteiger charge is 2.71. The Morgan fingerprint density at radius 3 is 2.39 bits per heavy atom. The molecule has 0 saturated carbocycles. The number of hydrogen-bond donors (Lipinski definition) is 1. The first-order valence-corrected chi connectivity index (χ1v) is 9.30. The quantitative estimate of drug-likeness (QED) is 0.703. The predicted octanol–water partition coefficient (Wildman–Crippen LogP) is 3.19. The number of carbonyl (C=O) groups is 3. The summed E-state index contributed by atoms with van der Waals surface area (Å²) in [4.78, 5) is 39.2. The van der Waals surface area contributed by atoms with Gasteiger partial charge in [-0.25, -0.2) is 4.79 Å². The Kier molecular flexibility index (Phi) is 5.92. The second kappa shape index (κ2) is 8.29. The van der Waals surface area contributed by atoms with E-state index in [4.69, 9.17) is 9.15 Å². The molecule has 3 rings (SSSR count). The molecule has 0 fully saturated rings. The third-order valence-corrected chi connectivity index (χ3v) is 4.84. The molecule has 1 atom stereocenters. The number of carbonyl (C=O) groups excluding carboxylic acids is 3. The first kappa shape index (κ1) is 22.1. The highest BCUT2D eigenvalue weighted by atomic mass is 19.4. The molecule has 0 spiro atoms. The number of esters is 1. The van der Waals surface area contributed by atoms with E-state index in [1.807, 2.05) is 0 Å². The Bertz CT molecular complexity index is 1020. The van der Waals surface area contributed by atoms with E-state index in [-0.39, 0.29) is 30.2 Å². The minimum atomic E-state index is -5.34. The van der Waals surface area contributed by atoms with Crippen molar-refractivity contribution in [2.45, 2.75) is 32.1 Å². The molecule has 0 bridgehead atoms. The predicted molar refractivity (Wildman–Crippen MR) is 101 cm³/mol. The molecule has 1 aromatic heterocycles. The minimum absolute atomic E-state index is 0.107. The second-order valence-corrected chi connectivity index (χ2v) is 6.72. The molecular formula is C21H19F3N2O5.